The van der Waals surface area contributed by atoms with Crippen molar-refractivity contribution in [2.45, 2.75) is 12.8 Å². The lowest BCUT2D eigenvalue weighted by Gasteiger charge is -2.22. The van der Waals surface area contributed by atoms with Gasteiger partial charge in [0.15, 0.2) is 0 Å². The molecule has 0 unspecified atom stereocenters. The monoisotopic (exact) mass is 301 g/mol. The van der Waals surface area contributed by atoms with Gasteiger partial charge in [0.2, 0.25) is 0 Å². The Balaban J connectivity index is 1.83. The molecule has 1 aliphatic rings. The molecule has 0 radical (unpaired) electrons. The maximum absolute atomic E-state index is 4.14. The van der Waals surface area contributed by atoms with E-state index in [0.717, 1.165) is 13.1 Å². The van der Waals surface area contributed by atoms with Crippen LogP contribution in [0.5, 0.6) is 0 Å². The highest BCUT2D eigenvalue weighted by Gasteiger charge is 2.17. The van der Waals surface area contributed by atoms with Crippen LogP contribution in [-0.2, 0) is 0 Å². The Bertz CT molecular complexity index is 778. The SMILES string of the molecule is c1cc(-c2ccc(-c3ccncc3)c(N3CCCC3)c2)ccn1. The minimum Gasteiger partial charge on any atom is -0.371 e. The molecule has 114 valence electrons. The second-order valence-corrected chi connectivity index (χ2v) is 5.90. The highest BCUT2D eigenvalue weighted by atomic mass is 15.1. The highest BCUT2D eigenvalue weighted by Crippen LogP contribution is 2.36. The van der Waals surface area contributed by atoms with E-state index < -0.39 is 0 Å². The van der Waals surface area contributed by atoms with Crippen LogP contribution >= 0.6 is 0 Å². The maximum Gasteiger partial charge on any atom is 0.0452 e. The number of rotatable bonds is 3. The predicted octanol–water partition coefficient (Wildman–Crippen LogP) is 4.41. The second-order valence-electron chi connectivity index (χ2n) is 5.90. The first-order valence-corrected chi connectivity index (χ1v) is 8.11. The van der Waals surface area contributed by atoms with E-state index in [-0.39, 0.29) is 0 Å². The van der Waals surface area contributed by atoms with Gasteiger partial charge in [-0.05, 0) is 59.9 Å². The quantitative estimate of drug-likeness (QED) is 0.717. The van der Waals surface area contributed by atoms with Crippen molar-refractivity contribution in [1.82, 2.24) is 9.97 Å². The maximum atomic E-state index is 4.14. The summed E-state index contributed by atoms with van der Waals surface area (Å²) in [5.41, 5.74) is 6.28. The molecule has 0 spiro atoms. The van der Waals surface area contributed by atoms with Crippen molar-refractivity contribution in [3.8, 4) is 22.3 Å². The van der Waals surface area contributed by atoms with E-state index in [2.05, 4.69) is 57.3 Å². The number of pyridine rings is 2. The molecule has 0 N–H and O–H groups in total. The van der Waals surface area contributed by atoms with Gasteiger partial charge in [0, 0.05) is 49.1 Å². The molecule has 3 heterocycles. The van der Waals surface area contributed by atoms with Crippen molar-refractivity contribution in [3.63, 3.8) is 0 Å². The molecule has 1 aliphatic heterocycles. The minimum absolute atomic E-state index is 1.14. The number of anilines is 1. The average molecular weight is 301 g/mol. The van der Waals surface area contributed by atoms with Gasteiger partial charge in [-0.3, -0.25) is 9.97 Å². The van der Waals surface area contributed by atoms with Gasteiger partial charge >= 0.3 is 0 Å². The van der Waals surface area contributed by atoms with Gasteiger partial charge in [-0.2, -0.15) is 0 Å². The van der Waals surface area contributed by atoms with Crippen molar-refractivity contribution in [1.29, 1.82) is 0 Å². The lowest BCUT2D eigenvalue weighted by molar-refractivity contribution is 0.949. The normalized spacial score (nSPS) is 14.2. The molecule has 0 saturated carbocycles. The van der Waals surface area contributed by atoms with Gasteiger partial charge < -0.3 is 4.90 Å². The summed E-state index contributed by atoms with van der Waals surface area (Å²) in [6.07, 6.45) is 9.97. The zero-order valence-corrected chi connectivity index (χ0v) is 13.0. The molecule has 3 heteroatoms. The van der Waals surface area contributed by atoms with Crippen LogP contribution in [0.2, 0.25) is 0 Å². The molecule has 23 heavy (non-hydrogen) atoms. The summed E-state index contributed by atoms with van der Waals surface area (Å²) < 4.78 is 0. The first-order valence-electron chi connectivity index (χ1n) is 8.11. The Kier molecular flexibility index (Phi) is 3.76. The summed E-state index contributed by atoms with van der Waals surface area (Å²) in [5.74, 6) is 0. The lowest BCUT2D eigenvalue weighted by atomic mass is 9.98. The number of hydrogen-bond donors (Lipinski definition) is 0. The van der Waals surface area contributed by atoms with E-state index in [1.165, 1.54) is 40.8 Å². The first kappa shape index (κ1) is 13.9. The molecule has 0 atom stereocenters. The molecule has 0 aliphatic carbocycles. The van der Waals surface area contributed by atoms with Gasteiger partial charge in [0.25, 0.3) is 0 Å². The van der Waals surface area contributed by atoms with Crippen LogP contribution in [0.25, 0.3) is 22.3 Å². The standard InChI is InChI=1S/C20H19N3/c1-2-14-23(13-1)20-15-18(16-5-9-21-10-6-16)3-4-19(20)17-7-11-22-12-8-17/h3-12,15H,1-2,13-14H2. The van der Waals surface area contributed by atoms with Crippen molar-refractivity contribution in [2.75, 3.05) is 18.0 Å². The van der Waals surface area contributed by atoms with Gasteiger partial charge in [0.1, 0.15) is 0 Å². The third-order valence-corrected chi connectivity index (χ3v) is 4.45. The molecule has 4 rings (SSSR count). The lowest BCUT2D eigenvalue weighted by Crippen LogP contribution is -2.18. The third kappa shape index (κ3) is 2.82. The van der Waals surface area contributed by atoms with E-state index in [1.54, 1.807) is 0 Å². The van der Waals surface area contributed by atoms with E-state index >= 15 is 0 Å². The topological polar surface area (TPSA) is 29.0 Å². The van der Waals surface area contributed by atoms with E-state index in [4.69, 9.17) is 0 Å². The Hall–Kier alpha value is -2.68. The summed E-state index contributed by atoms with van der Waals surface area (Å²) in [6.45, 7) is 2.27. The van der Waals surface area contributed by atoms with Crippen LogP contribution in [-0.4, -0.2) is 23.1 Å². The zero-order valence-electron chi connectivity index (χ0n) is 13.0. The smallest absolute Gasteiger partial charge is 0.0452 e. The fraction of sp³-hybridized carbons (Fsp3) is 0.200. The van der Waals surface area contributed by atoms with Crippen LogP contribution in [0.1, 0.15) is 12.8 Å². The molecule has 1 saturated heterocycles. The summed E-state index contributed by atoms with van der Waals surface area (Å²) in [7, 11) is 0. The molecule has 3 aromatic rings. The van der Waals surface area contributed by atoms with E-state index in [9.17, 15) is 0 Å². The molecule has 3 nitrogen and oxygen atoms in total. The molecular weight excluding hydrogens is 282 g/mol. The number of hydrogen-bond acceptors (Lipinski definition) is 3. The Morgan fingerprint density at radius 2 is 1.26 bits per heavy atom. The number of nitrogens with zero attached hydrogens (tertiary/aromatic N) is 3. The van der Waals surface area contributed by atoms with E-state index in [0.29, 0.717) is 0 Å². The summed E-state index contributed by atoms with van der Waals surface area (Å²) >= 11 is 0. The van der Waals surface area contributed by atoms with Crippen molar-refractivity contribution in [3.05, 3.63) is 67.3 Å². The highest BCUT2D eigenvalue weighted by molar-refractivity contribution is 5.83. The Labute approximate surface area is 136 Å². The fourth-order valence-electron chi connectivity index (χ4n) is 3.25. The summed E-state index contributed by atoms with van der Waals surface area (Å²) in [5, 5.41) is 0. The van der Waals surface area contributed by atoms with Gasteiger partial charge in [-0.1, -0.05) is 12.1 Å². The minimum atomic E-state index is 1.14. The Morgan fingerprint density at radius 1 is 0.652 bits per heavy atom. The van der Waals surface area contributed by atoms with Crippen LogP contribution < -0.4 is 4.90 Å². The molecule has 0 amide bonds. The number of benzene rings is 1. The molecule has 1 aromatic carbocycles. The summed E-state index contributed by atoms with van der Waals surface area (Å²) in [6, 6.07) is 15.0. The number of aromatic nitrogens is 2. The largest absolute Gasteiger partial charge is 0.371 e. The third-order valence-electron chi connectivity index (χ3n) is 4.45. The van der Waals surface area contributed by atoms with Gasteiger partial charge in [-0.25, -0.2) is 0 Å². The first-order chi connectivity index (χ1) is 11.4. The van der Waals surface area contributed by atoms with E-state index in [1.807, 2.05) is 24.8 Å². The van der Waals surface area contributed by atoms with Crippen molar-refractivity contribution in [2.24, 2.45) is 0 Å². The average Bonchev–Trinajstić information content (AvgIpc) is 3.17. The summed E-state index contributed by atoms with van der Waals surface area (Å²) in [4.78, 5) is 10.8. The van der Waals surface area contributed by atoms with Crippen LogP contribution in [0.15, 0.2) is 67.3 Å². The Morgan fingerprint density at radius 3 is 1.91 bits per heavy atom. The van der Waals surface area contributed by atoms with Crippen LogP contribution in [0.4, 0.5) is 5.69 Å². The van der Waals surface area contributed by atoms with Crippen molar-refractivity contribution >= 4 is 5.69 Å². The van der Waals surface area contributed by atoms with Crippen molar-refractivity contribution < 1.29 is 0 Å². The molecule has 2 aromatic heterocycles. The molecular formula is C20H19N3. The second kappa shape index (κ2) is 6.21. The molecule has 0 bridgehead atoms. The predicted molar refractivity (Wildman–Crippen MR) is 94.4 cm³/mol. The zero-order chi connectivity index (χ0) is 15.5. The van der Waals surface area contributed by atoms with Crippen LogP contribution in [0.3, 0.4) is 0 Å². The van der Waals surface area contributed by atoms with Gasteiger partial charge in [-0.15, -0.1) is 0 Å². The van der Waals surface area contributed by atoms with Crippen LogP contribution in [0, 0.1) is 0 Å². The fourth-order valence-corrected chi connectivity index (χ4v) is 3.25. The molecule has 1 fully saturated rings. The van der Waals surface area contributed by atoms with Gasteiger partial charge in [0.05, 0.1) is 0 Å².